The molecule has 0 spiro atoms. The molecular weight excluding hydrogens is 188 g/mol. The molecule has 1 saturated carbocycles. The second-order valence-corrected chi connectivity index (χ2v) is 5.47. The van der Waals surface area contributed by atoms with Crippen molar-refractivity contribution in [1.29, 1.82) is 0 Å². The van der Waals surface area contributed by atoms with E-state index in [2.05, 4.69) is 17.1 Å². The lowest BCUT2D eigenvalue weighted by Crippen LogP contribution is -2.67. The van der Waals surface area contributed by atoms with Crippen LogP contribution in [0.1, 0.15) is 26.2 Å². The predicted molar refractivity (Wildman–Crippen MR) is 59.9 cm³/mol. The molecule has 0 aromatic rings. The first kappa shape index (κ1) is 10.1. The third-order valence-corrected chi connectivity index (χ3v) is 4.39. The van der Waals surface area contributed by atoms with Crippen molar-refractivity contribution < 1.29 is 4.74 Å². The van der Waals surface area contributed by atoms with Crippen LogP contribution in [-0.2, 0) is 4.74 Å². The topological polar surface area (TPSA) is 24.5 Å². The summed E-state index contributed by atoms with van der Waals surface area (Å²) in [5, 5.41) is 3.72. The van der Waals surface area contributed by atoms with E-state index in [4.69, 9.17) is 4.74 Å². The zero-order valence-electron chi connectivity index (χ0n) is 9.61. The number of hydrogen-bond acceptors (Lipinski definition) is 3. The molecular formula is C12H22N2O. The normalized spacial score (nSPS) is 47.0. The minimum atomic E-state index is 0.644. The van der Waals surface area contributed by atoms with Gasteiger partial charge in [0.05, 0.1) is 13.2 Å². The van der Waals surface area contributed by atoms with Crippen LogP contribution in [0.2, 0.25) is 0 Å². The molecule has 0 amide bonds. The predicted octanol–water partition coefficient (Wildman–Crippen LogP) is 0.848. The van der Waals surface area contributed by atoms with Gasteiger partial charge in [0.15, 0.2) is 0 Å². The van der Waals surface area contributed by atoms with E-state index in [-0.39, 0.29) is 0 Å². The summed E-state index contributed by atoms with van der Waals surface area (Å²) in [7, 11) is 0. The molecule has 3 aliphatic rings. The zero-order valence-corrected chi connectivity index (χ0v) is 9.61. The molecule has 1 aliphatic carbocycles. The van der Waals surface area contributed by atoms with Crippen molar-refractivity contribution >= 4 is 0 Å². The monoisotopic (exact) mass is 210 g/mol. The van der Waals surface area contributed by atoms with Crippen LogP contribution in [0.5, 0.6) is 0 Å². The van der Waals surface area contributed by atoms with E-state index >= 15 is 0 Å². The molecule has 3 nitrogen and oxygen atoms in total. The third-order valence-electron chi connectivity index (χ3n) is 4.39. The molecule has 0 aromatic carbocycles. The lowest BCUT2D eigenvalue weighted by molar-refractivity contribution is -0.0677. The van der Waals surface area contributed by atoms with Gasteiger partial charge in [-0.2, -0.15) is 0 Å². The van der Waals surface area contributed by atoms with Gasteiger partial charge in [0.2, 0.25) is 0 Å². The summed E-state index contributed by atoms with van der Waals surface area (Å²) < 4.78 is 5.56. The number of morpholine rings is 1. The van der Waals surface area contributed by atoms with E-state index in [0.29, 0.717) is 6.04 Å². The molecule has 15 heavy (non-hydrogen) atoms. The van der Waals surface area contributed by atoms with E-state index in [9.17, 15) is 0 Å². The van der Waals surface area contributed by atoms with Gasteiger partial charge in [-0.25, -0.2) is 0 Å². The minimum Gasteiger partial charge on any atom is -0.378 e. The van der Waals surface area contributed by atoms with Crippen molar-refractivity contribution in [3.05, 3.63) is 0 Å². The first-order chi connectivity index (χ1) is 7.34. The van der Waals surface area contributed by atoms with Gasteiger partial charge in [-0.15, -0.1) is 0 Å². The van der Waals surface area contributed by atoms with Crippen molar-refractivity contribution in [2.45, 2.75) is 44.3 Å². The van der Waals surface area contributed by atoms with Crippen LogP contribution in [0.15, 0.2) is 0 Å². The molecule has 0 bridgehead atoms. The number of piperazine rings is 1. The molecule has 0 radical (unpaired) electrons. The second kappa shape index (κ2) is 4.04. The van der Waals surface area contributed by atoms with Crippen LogP contribution in [-0.4, -0.2) is 49.3 Å². The Kier molecular flexibility index (Phi) is 2.71. The summed E-state index contributed by atoms with van der Waals surface area (Å²) in [6, 6.07) is 2.19. The first-order valence-corrected chi connectivity index (χ1v) is 6.41. The lowest BCUT2D eigenvalue weighted by atomic mass is 9.80. The lowest BCUT2D eigenvalue weighted by Gasteiger charge is -2.51. The fraction of sp³-hybridized carbons (Fsp3) is 1.00. The van der Waals surface area contributed by atoms with Crippen LogP contribution in [0.4, 0.5) is 0 Å². The van der Waals surface area contributed by atoms with E-state index < -0.39 is 0 Å². The Labute approximate surface area is 92.2 Å². The summed E-state index contributed by atoms with van der Waals surface area (Å²) in [5.74, 6) is 0.912. The Morgan fingerprint density at radius 1 is 1.33 bits per heavy atom. The maximum absolute atomic E-state index is 5.56. The third kappa shape index (κ3) is 1.81. The quantitative estimate of drug-likeness (QED) is 0.641. The van der Waals surface area contributed by atoms with Gasteiger partial charge in [0.25, 0.3) is 0 Å². The highest BCUT2D eigenvalue weighted by Crippen LogP contribution is 2.31. The Morgan fingerprint density at radius 3 is 3.20 bits per heavy atom. The Morgan fingerprint density at radius 2 is 2.27 bits per heavy atom. The van der Waals surface area contributed by atoms with E-state index in [1.54, 1.807) is 0 Å². The van der Waals surface area contributed by atoms with E-state index in [1.807, 2.05) is 0 Å². The molecule has 2 aliphatic heterocycles. The van der Waals surface area contributed by atoms with E-state index in [0.717, 1.165) is 44.3 Å². The molecule has 0 aromatic heterocycles. The summed E-state index contributed by atoms with van der Waals surface area (Å²) in [5.41, 5.74) is 0. The molecule has 2 saturated heterocycles. The Balaban J connectivity index is 1.74. The van der Waals surface area contributed by atoms with Crippen molar-refractivity contribution in [1.82, 2.24) is 10.2 Å². The molecule has 4 atom stereocenters. The maximum Gasteiger partial charge on any atom is 0.0635 e. The fourth-order valence-electron chi connectivity index (χ4n) is 3.52. The van der Waals surface area contributed by atoms with Gasteiger partial charge < -0.3 is 10.1 Å². The van der Waals surface area contributed by atoms with Gasteiger partial charge in [-0.1, -0.05) is 6.92 Å². The molecule has 4 unspecified atom stereocenters. The van der Waals surface area contributed by atoms with Crippen LogP contribution >= 0.6 is 0 Å². The largest absolute Gasteiger partial charge is 0.378 e. The van der Waals surface area contributed by atoms with Crippen molar-refractivity contribution in [2.75, 3.05) is 26.3 Å². The smallest absolute Gasteiger partial charge is 0.0635 e. The highest BCUT2D eigenvalue weighted by atomic mass is 16.5. The SMILES string of the molecule is CC1CCC2NCC3COCCN3C2C1. The molecule has 3 rings (SSSR count). The highest BCUT2D eigenvalue weighted by Gasteiger charge is 2.40. The first-order valence-electron chi connectivity index (χ1n) is 6.41. The maximum atomic E-state index is 5.56. The summed E-state index contributed by atoms with van der Waals surface area (Å²) >= 11 is 0. The number of nitrogens with zero attached hydrogens (tertiary/aromatic N) is 1. The van der Waals surface area contributed by atoms with Crippen molar-refractivity contribution in [2.24, 2.45) is 5.92 Å². The number of rotatable bonds is 0. The van der Waals surface area contributed by atoms with Crippen LogP contribution in [0.25, 0.3) is 0 Å². The zero-order chi connectivity index (χ0) is 10.3. The second-order valence-electron chi connectivity index (χ2n) is 5.47. The average molecular weight is 210 g/mol. The van der Waals surface area contributed by atoms with E-state index in [1.165, 1.54) is 19.3 Å². The Bertz CT molecular complexity index is 234. The van der Waals surface area contributed by atoms with Gasteiger partial charge in [-0.05, 0) is 25.2 Å². The summed E-state index contributed by atoms with van der Waals surface area (Å²) in [4.78, 5) is 2.72. The highest BCUT2D eigenvalue weighted by molar-refractivity contribution is 4.98. The Hall–Kier alpha value is -0.120. The minimum absolute atomic E-state index is 0.644. The average Bonchev–Trinajstić information content (AvgIpc) is 2.29. The van der Waals surface area contributed by atoms with Crippen molar-refractivity contribution in [3.63, 3.8) is 0 Å². The standard InChI is InChI=1S/C12H22N2O/c1-9-2-3-11-12(6-9)14-4-5-15-8-10(14)7-13-11/h9-13H,2-8H2,1H3. The summed E-state index contributed by atoms with van der Waals surface area (Å²) in [6.07, 6.45) is 4.16. The molecule has 86 valence electrons. The van der Waals surface area contributed by atoms with Crippen LogP contribution in [0, 0.1) is 5.92 Å². The van der Waals surface area contributed by atoms with Gasteiger partial charge in [0, 0.05) is 31.2 Å². The number of hydrogen-bond donors (Lipinski definition) is 1. The number of fused-ring (bicyclic) bond motifs is 3. The summed E-state index contributed by atoms with van der Waals surface area (Å²) in [6.45, 7) is 6.56. The molecule has 2 heterocycles. The number of nitrogens with one attached hydrogen (secondary N) is 1. The van der Waals surface area contributed by atoms with Crippen LogP contribution in [0.3, 0.4) is 0 Å². The molecule has 1 N–H and O–H groups in total. The molecule has 3 fully saturated rings. The van der Waals surface area contributed by atoms with Gasteiger partial charge in [0.1, 0.15) is 0 Å². The molecule has 3 heteroatoms. The van der Waals surface area contributed by atoms with Crippen molar-refractivity contribution in [3.8, 4) is 0 Å². The van der Waals surface area contributed by atoms with Crippen LogP contribution < -0.4 is 5.32 Å². The fourth-order valence-corrected chi connectivity index (χ4v) is 3.52. The van der Waals surface area contributed by atoms with Gasteiger partial charge in [-0.3, -0.25) is 4.90 Å². The number of ether oxygens (including phenoxy) is 1. The van der Waals surface area contributed by atoms with Gasteiger partial charge >= 0.3 is 0 Å².